The van der Waals surface area contributed by atoms with E-state index in [1.165, 1.54) is 38.5 Å². The molecule has 0 bridgehead atoms. The maximum absolute atomic E-state index is 11.6. The number of fused-ring (bicyclic) bond motifs is 3. The smallest absolute Gasteiger partial charge is 0.0745 e. The van der Waals surface area contributed by atoms with Crippen molar-refractivity contribution < 1.29 is 5.11 Å². The molecule has 0 radical (unpaired) electrons. The minimum absolute atomic E-state index is 0.291. The van der Waals surface area contributed by atoms with E-state index in [4.69, 9.17) is 0 Å². The predicted molar refractivity (Wildman–Crippen MR) is 89.0 cm³/mol. The van der Waals surface area contributed by atoms with Crippen LogP contribution < -0.4 is 0 Å². The Balaban J connectivity index is 2.00. The highest BCUT2D eigenvalue weighted by Crippen LogP contribution is 2.66. The lowest BCUT2D eigenvalue weighted by Crippen LogP contribution is -2.63. The summed E-state index contributed by atoms with van der Waals surface area (Å²) < 4.78 is 0. The van der Waals surface area contributed by atoms with Crippen molar-refractivity contribution in [3.8, 4) is 0 Å². The molecule has 3 aliphatic carbocycles. The molecular weight excluding hydrogens is 256 g/mol. The fourth-order valence-electron chi connectivity index (χ4n) is 6.94. The van der Waals surface area contributed by atoms with Crippen molar-refractivity contribution in [2.75, 3.05) is 0 Å². The molecule has 1 heteroatoms. The Kier molecular flexibility index (Phi) is 3.60. The van der Waals surface area contributed by atoms with Gasteiger partial charge in [0.25, 0.3) is 0 Å². The van der Waals surface area contributed by atoms with Gasteiger partial charge in [-0.1, -0.05) is 40.2 Å². The van der Waals surface area contributed by atoms with Gasteiger partial charge in [-0.05, 0) is 67.1 Å². The molecule has 3 rings (SSSR count). The number of aliphatic hydroxyl groups is 1. The van der Waals surface area contributed by atoms with Crippen molar-refractivity contribution in [1.82, 2.24) is 0 Å². The van der Waals surface area contributed by atoms with E-state index in [1.807, 2.05) is 0 Å². The number of rotatable bonds is 1. The van der Waals surface area contributed by atoms with Crippen LogP contribution in [0.2, 0.25) is 0 Å². The summed E-state index contributed by atoms with van der Waals surface area (Å²) in [4.78, 5) is 0. The van der Waals surface area contributed by atoms with Crippen LogP contribution in [0.1, 0.15) is 72.6 Å². The van der Waals surface area contributed by atoms with Crippen molar-refractivity contribution >= 4 is 0 Å². The quantitative estimate of drug-likeness (QED) is 0.659. The second-order valence-corrected chi connectivity index (χ2v) is 9.30. The fourth-order valence-corrected chi connectivity index (χ4v) is 6.94. The fraction of sp³-hybridized carbons (Fsp3) is 0.900. The summed E-state index contributed by atoms with van der Waals surface area (Å²) in [5, 5.41) is 11.6. The van der Waals surface area contributed by atoms with Gasteiger partial charge >= 0.3 is 0 Å². The lowest BCUT2D eigenvalue weighted by Gasteiger charge is -2.65. The third-order valence-corrected chi connectivity index (χ3v) is 7.86. The molecule has 3 fully saturated rings. The highest BCUT2D eigenvalue weighted by atomic mass is 16.3. The predicted octanol–water partition coefficient (Wildman–Crippen LogP) is 5.19. The molecule has 120 valence electrons. The molecule has 1 nitrogen and oxygen atoms in total. The Hall–Kier alpha value is -0.300. The van der Waals surface area contributed by atoms with Gasteiger partial charge in [-0.15, -0.1) is 6.58 Å². The van der Waals surface area contributed by atoms with E-state index < -0.39 is 5.60 Å². The SMILES string of the molecule is C=C[C@H]1[C@@H](C)CC[C@@H]2[C@]3(C)CCCC(C)(C)[C@H]3CC[C@]21O. The van der Waals surface area contributed by atoms with Gasteiger partial charge < -0.3 is 5.11 Å². The largest absolute Gasteiger partial charge is 0.389 e. The number of hydrogen-bond donors (Lipinski definition) is 1. The summed E-state index contributed by atoms with van der Waals surface area (Å²) in [6, 6.07) is 0. The molecule has 6 atom stereocenters. The van der Waals surface area contributed by atoms with Crippen LogP contribution >= 0.6 is 0 Å². The molecule has 0 amide bonds. The van der Waals surface area contributed by atoms with Gasteiger partial charge in [-0.3, -0.25) is 0 Å². The Morgan fingerprint density at radius 1 is 1.00 bits per heavy atom. The molecule has 21 heavy (non-hydrogen) atoms. The van der Waals surface area contributed by atoms with Crippen molar-refractivity contribution in [2.45, 2.75) is 78.2 Å². The third kappa shape index (κ3) is 2.06. The molecule has 0 aromatic rings. The molecule has 3 saturated carbocycles. The van der Waals surface area contributed by atoms with E-state index in [2.05, 4.69) is 40.3 Å². The van der Waals surface area contributed by atoms with Gasteiger partial charge in [0.05, 0.1) is 5.60 Å². The second kappa shape index (κ2) is 4.85. The Morgan fingerprint density at radius 2 is 1.71 bits per heavy atom. The molecule has 0 heterocycles. The monoisotopic (exact) mass is 290 g/mol. The Morgan fingerprint density at radius 3 is 2.38 bits per heavy atom. The molecule has 0 aromatic heterocycles. The van der Waals surface area contributed by atoms with E-state index in [1.54, 1.807) is 0 Å². The van der Waals surface area contributed by atoms with Crippen molar-refractivity contribution in [1.29, 1.82) is 0 Å². The highest BCUT2D eigenvalue weighted by Gasteiger charge is 2.62. The van der Waals surface area contributed by atoms with E-state index in [9.17, 15) is 5.11 Å². The van der Waals surface area contributed by atoms with Crippen LogP contribution in [0.3, 0.4) is 0 Å². The van der Waals surface area contributed by atoms with Crippen LogP contribution in [0, 0.1) is 34.5 Å². The van der Waals surface area contributed by atoms with E-state index in [0.29, 0.717) is 28.6 Å². The molecule has 0 spiro atoms. The Labute approximate surface area is 131 Å². The summed E-state index contributed by atoms with van der Waals surface area (Å²) >= 11 is 0. The average molecular weight is 290 g/mol. The zero-order valence-corrected chi connectivity index (χ0v) is 14.5. The summed E-state index contributed by atoms with van der Waals surface area (Å²) in [7, 11) is 0. The van der Waals surface area contributed by atoms with E-state index >= 15 is 0 Å². The topological polar surface area (TPSA) is 20.2 Å². The van der Waals surface area contributed by atoms with Crippen LogP contribution in [0.5, 0.6) is 0 Å². The molecule has 0 aliphatic heterocycles. The zero-order valence-electron chi connectivity index (χ0n) is 14.5. The van der Waals surface area contributed by atoms with Crippen LogP contribution in [-0.2, 0) is 0 Å². The van der Waals surface area contributed by atoms with Gasteiger partial charge in [0.1, 0.15) is 0 Å². The molecular formula is C20H34O. The summed E-state index contributed by atoms with van der Waals surface area (Å²) in [6.07, 6.45) is 10.7. The van der Waals surface area contributed by atoms with Crippen LogP contribution in [0.15, 0.2) is 12.7 Å². The van der Waals surface area contributed by atoms with Crippen LogP contribution in [0.25, 0.3) is 0 Å². The summed E-state index contributed by atoms with van der Waals surface area (Å²) in [5.74, 6) is 2.13. The first kappa shape index (κ1) is 15.6. The normalized spacial score (nSPS) is 52.6. The maximum Gasteiger partial charge on any atom is 0.0745 e. The first-order valence-electron chi connectivity index (χ1n) is 9.10. The third-order valence-electron chi connectivity index (χ3n) is 7.86. The lowest BCUT2D eigenvalue weighted by atomic mass is 9.41. The average Bonchev–Trinajstić information content (AvgIpc) is 2.36. The van der Waals surface area contributed by atoms with Gasteiger partial charge in [0, 0.05) is 5.92 Å². The molecule has 0 saturated heterocycles. The zero-order chi connectivity index (χ0) is 15.5. The van der Waals surface area contributed by atoms with Gasteiger partial charge in [-0.25, -0.2) is 0 Å². The van der Waals surface area contributed by atoms with E-state index in [-0.39, 0.29) is 0 Å². The van der Waals surface area contributed by atoms with Gasteiger partial charge in [0.15, 0.2) is 0 Å². The first-order valence-corrected chi connectivity index (χ1v) is 9.10. The van der Waals surface area contributed by atoms with Crippen LogP contribution in [0.4, 0.5) is 0 Å². The van der Waals surface area contributed by atoms with Crippen molar-refractivity contribution in [2.24, 2.45) is 34.5 Å². The summed E-state index contributed by atoms with van der Waals surface area (Å²) in [6.45, 7) is 13.8. The first-order chi connectivity index (χ1) is 9.75. The van der Waals surface area contributed by atoms with Gasteiger partial charge in [0.2, 0.25) is 0 Å². The highest BCUT2D eigenvalue weighted by molar-refractivity contribution is 5.15. The molecule has 0 aromatic carbocycles. The Bertz CT molecular complexity index is 426. The van der Waals surface area contributed by atoms with E-state index in [0.717, 1.165) is 12.3 Å². The minimum Gasteiger partial charge on any atom is -0.389 e. The molecule has 0 unspecified atom stereocenters. The maximum atomic E-state index is 11.6. The molecule has 3 aliphatic rings. The van der Waals surface area contributed by atoms with Crippen LogP contribution in [-0.4, -0.2) is 10.7 Å². The summed E-state index contributed by atoms with van der Waals surface area (Å²) in [5.41, 5.74) is 0.287. The standard InChI is InChI=1S/C20H34O/c1-6-15-14(2)8-9-17-19(5)12-7-11-18(3,4)16(19)10-13-20(15,17)21/h6,14-17,21H,1,7-13H2,2-5H3/t14-,15-,16+,17+,19+,20+/m0/s1. The van der Waals surface area contributed by atoms with Gasteiger partial charge in [-0.2, -0.15) is 0 Å². The van der Waals surface area contributed by atoms with Crippen molar-refractivity contribution in [3.05, 3.63) is 12.7 Å². The minimum atomic E-state index is -0.488. The second-order valence-electron chi connectivity index (χ2n) is 9.30. The van der Waals surface area contributed by atoms with Crippen molar-refractivity contribution in [3.63, 3.8) is 0 Å². The molecule has 1 N–H and O–H groups in total. The number of hydrogen-bond acceptors (Lipinski definition) is 1. The lowest BCUT2D eigenvalue weighted by molar-refractivity contribution is -0.213.